The molecule has 0 atom stereocenters. The van der Waals surface area contributed by atoms with Gasteiger partial charge in [-0.25, -0.2) is 0 Å². The topological polar surface area (TPSA) is 29.1 Å². The fourth-order valence-corrected chi connectivity index (χ4v) is 1.92. The quantitative estimate of drug-likeness (QED) is 0.780. The van der Waals surface area contributed by atoms with E-state index in [0.29, 0.717) is 6.42 Å². The van der Waals surface area contributed by atoms with Crippen LogP contribution in [0.4, 0.5) is 0 Å². The Morgan fingerprint density at radius 3 is 3.08 bits per heavy atom. The van der Waals surface area contributed by atoms with Crippen LogP contribution in [0.5, 0.6) is 0 Å². The minimum absolute atomic E-state index is 0.161. The molecule has 1 aliphatic carbocycles. The highest BCUT2D eigenvalue weighted by Gasteiger charge is 2.21. The summed E-state index contributed by atoms with van der Waals surface area (Å²) in [6, 6.07) is 3.98. The number of carbonyl (C=O) groups excluding carboxylic acids is 1. The lowest BCUT2D eigenvalue weighted by Gasteiger charge is -2.01. The van der Waals surface area contributed by atoms with Gasteiger partial charge in [0.1, 0.15) is 0 Å². The third-order valence-electron chi connectivity index (χ3n) is 2.20. The van der Waals surface area contributed by atoms with Crippen LogP contribution in [-0.4, -0.2) is 12.5 Å². The van der Waals surface area contributed by atoms with E-state index in [1.807, 2.05) is 17.5 Å². The van der Waals surface area contributed by atoms with Crippen molar-refractivity contribution in [2.24, 2.45) is 5.92 Å². The van der Waals surface area contributed by atoms with Crippen LogP contribution in [-0.2, 0) is 11.2 Å². The first-order valence-electron chi connectivity index (χ1n) is 4.63. The van der Waals surface area contributed by atoms with Crippen molar-refractivity contribution >= 4 is 17.2 Å². The van der Waals surface area contributed by atoms with Crippen LogP contribution >= 0.6 is 11.3 Å². The van der Waals surface area contributed by atoms with Gasteiger partial charge >= 0.3 is 0 Å². The first-order chi connectivity index (χ1) is 6.34. The van der Waals surface area contributed by atoms with Gasteiger partial charge in [0.05, 0.1) is 6.42 Å². The summed E-state index contributed by atoms with van der Waals surface area (Å²) in [4.78, 5) is 12.5. The third-order valence-corrected chi connectivity index (χ3v) is 3.08. The smallest absolute Gasteiger partial charge is 0.225 e. The molecule has 0 bridgehead atoms. The van der Waals surface area contributed by atoms with Gasteiger partial charge in [-0.15, -0.1) is 11.3 Å². The van der Waals surface area contributed by atoms with E-state index >= 15 is 0 Å². The van der Waals surface area contributed by atoms with Crippen molar-refractivity contribution in [2.75, 3.05) is 6.54 Å². The fourth-order valence-electron chi connectivity index (χ4n) is 1.21. The minimum Gasteiger partial charge on any atom is -0.356 e. The van der Waals surface area contributed by atoms with Gasteiger partial charge in [0.2, 0.25) is 5.91 Å². The number of carbonyl (C=O) groups is 1. The van der Waals surface area contributed by atoms with Crippen LogP contribution < -0.4 is 5.32 Å². The Morgan fingerprint density at radius 2 is 2.46 bits per heavy atom. The molecular formula is C10H13NOS. The molecule has 1 aromatic rings. The molecule has 1 saturated carbocycles. The first-order valence-corrected chi connectivity index (χ1v) is 5.51. The molecule has 3 heteroatoms. The van der Waals surface area contributed by atoms with Crippen molar-refractivity contribution in [1.29, 1.82) is 0 Å². The monoisotopic (exact) mass is 195 g/mol. The van der Waals surface area contributed by atoms with Crippen molar-refractivity contribution in [2.45, 2.75) is 19.3 Å². The summed E-state index contributed by atoms with van der Waals surface area (Å²) in [5.74, 6) is 0.932. The molecule has 70 valence electrons. The van der Waals surface area contributed by atoms with E-state index in [1.165, 1.54) is 12.8 Å². The van der Waals surface area contributed by atoms with Gasteiger partial charge in [-0.05, 0) is 30.2 Å². The molecule has 13 heavy (non-hydrogen) atoms. The maximum absolute atomic E-state index is 11.3. The molecule has 0 unspecified atom stereocenters. The fraction of sp³-hybridized carbons (Fsp3) is 0.500. The number of hydrogen-bond acceptors (Lipinski definition) is 2. The Bertz CT molecular complexity index is 277. The predicted octanol–water partition coefficient (Wildman–Crippen LogP) is 1.82. The minimum atomic E-state index is 0.161. The molecule has 1 amide bonds. The Morgan fingerprint density at radius 1 is 1.62 bits per heavy atom. The van der Waals surface area contributed by atoms with Gasteiger partial charge in [-0.3, -0.25) is 4.79 Å². The zero-order chi connectivity index (χ0) is 9.10. The molecule has 0 radical (unpaired) electrons. The van der Waals surface area contributed by atoms with E-state index in [0.717, 1.165) is 17.3 Å². The van der Waals surface area contributed by atoms with Crippen molar-refractivity contribution in [3.63, 3.8) is 0 Å². The Kier molecular flexibility index (Phi) is 2.64. The van der Waals surface area contributed by atoms with Gasteiger partial charge in [0.15, 0.2) is 0 Å². The highest BCUT2D eigenvalue weighted by Crippen LogP contribution is 2.27. The number of thiophene rings is 1. The van der Waals surface area contributed by atoms with Crippen LogP contribution in [0.25, 0.3) is 0 Å². The lowest BCUT2D eigenvalue weighted by molar-refractivity contribution is -0.120. The summed E-state index contributed by atoms with van der Waals surface area (Å²) < 4.78 is 0. The predicted molar refractivity (Wildman–Crippen MR) is 53.8 cm³/mol. The largest absolute Gasteiger partial charge is 0.356 e. The second-order valence-electron chi connectivity index (χ2n) is 3.50. The van der Waals surface area contributed by atoms with Gasteiger partial charge in [0, 0.05) is 11.4 Å². The molecular weight excluding hydrogens is 182 g/mol. The van der Waals surface area contributed by atoms with Crippen LogP contribution in [0.1, 0.15) is 17.7 Å². The molecule has 1 aliphatic rings. The summed E-state index contributed by atoms with van der Waals surface area (Å²) in [7, 11) is 0. The molecule has 0 saturated heterocycles. The van der Waals surface area contributed by atoms with Crippen molar-refractivity contribution < 1.29 is 4.79 Å². The number of nitrogens with one attached hydrogen (secondary N) is 1. The van der Waals surface area contributed by atoms with E-state index < -0.39 is 0 Å². The van der Waals surface area contributed by atoms with Gasteiger partial charge in [-0.2, -0.15) is 0 Å². The lowest BCUT2D eigenvalue weighted by Crippen LogP contribution is -2.26. The van der Waals surface area contributed by atoms with Crippen molar-refractivity contribution in [3.8, 4) is 0 Å². The molecule has 1 heterocycles. The first kappa shape index (κ1) is 8.75. The van der Waals surface area contributed by atoms with Gasteiger partial charge in [0.25, 0.3) is 0 Å². The van der Waals surface area contributed by atoms with E-state index in [4.69, 9.17) is 0 Å². The van der Waals surface area contributed by atoms with E-state index in [9.17, 15) is 4.79 Å². The zero-order valence-corrected chi connectivity index (χ0v) is 8.27. The van der Waals surface area contributed by atoms with Crippen molar-refractivity contribution in [1.82, 2.24) is 5.32 Å². The Hall–Kier alpha value is -0.830. The molecule has 2 rings (SSSR count). The summed E-state index contributed by atoms with van der Waals surface area (Å²) in [5, 5.41) is 4.95. The molecule has 0 spiro atoms. The van der Waals surface area contributed by atoms with E-state index in [2.05, 4.69) is 5.32 Å². The molecule has 0 aliphatic heterocycles. The zero-order valence-electron chi connectivity index (χ0n) is 7.45. The number of amides is 1. The SMILES string of the molecule is O=C(Cc1cccs1)NCC1CC1. The highest BCUT2D eigenvalue weighted by atomic mass is 32.1. The van der Waals surface area contributed by atoms with E-state index in [-0.39, 0.29) is 5.91 Å². The second kappa shape index (κ2) is 3.92. The maximum Gasteiger partial charge on any atom is 0.225 e. The number of rotatable bonds is 4. The molecule has 1 N–H and O–H groups in total. The standard InChI is InChI=1S/C10H13NOS/c12-10(11-7-8-3-4-8)6-9-2-1-5-13-9/h1-2,5,8H,3-4,6-7H2,(H,11,12). The lowest BCUT2D eigenvalue weighted by atomic mass is 10.3. The molecule has 2 nitrogen and oxygen atoms in total. The Labute approximate surface area is 82.0 Å². The summed E-state index contributed by atoms with van der Waals surface area (Å²) in [5.41, 5.74) is 0. The van der Waals surface area contributed by atoms with E-state index in [1.54, 1.807) is 11.3 Å². The molecule has 1 aromatic heterocycles. The van der Waals surface area contributed by atoms with Crippen LogP contribution in [0.2, 0.25) is 0 Å². The van der Waals surface area contributed by atoms with Crippen LogP contribution in [0.3, 0.4) is 0 Å². The molecule has 0 aromatic carbocycles. The van der Waals surface area contributed by atoms with Gasteiger partial charge in [-0.1, -0.05) is 6.07 Å². The average Bonchev–Trinajstić information content (AvgIpc) is 2.82. The van der Waals surface area contributed by atoms with Crippen molar-refractivity contribution in [3.05, 3.63) is 22.4 Å². The Balaban J connectivity index is 1.71. The molecule has 1 fully saturated rings. The summed E-state index contributed by atoms with van der Waals surface area (Å²) in [6.07, 6.45) is 3.13. The summed E-state index contributed by atoms with van der Waals surface area (Å²) in [6.45, 7) is 0.879. The normalized spacial score (nSPS) is 15.7. The van der Waals surface area contributed by atoms with Gasteiger partial charge < -0.3 is 5.32 Å². The maximum atomic E-state index is 11.3. The van der Waals surface area contributed by atoms with Crippen LogP contribution in [0, 0.1) is 5.92 Å². The average molecular weight is 195 g/mol. The number of hydrogen-bond donors (Lipinski definition) is 1. The summed E-state index contributed by atoms with van der Waals surface area (Å²) >= 11 is 1.64. The third kappa shape index (κ3) is 2.84. The second-order valence-corrected chi connectivity index (χ2v) is 4.54. The highest BCUT2D eigenvalue weighted by molar-refractivity contribution is 7.10. The van der Waals surface area contributed by atoms with Crippen LogP contribution in [0.15, 0.2) is 17.5 Å².